The van der Waals surface area contributed by atoms with Crippen LogP contribution in [0.1, 0.15) is 6.92 Å². The molecule has 0 bridgehead atoms. The van der Waals surface area contributed by atoms with Gasteiger partial charge in [0.15, 0.2) is 4.96 Å². The van der Waals surface area contributed by atoms with Crippen molar-refractivity contribution in [3.63, 3.8) is 0 Å². The molecule has 3 nitrogen and oxygen atoms in total. The molecule has 0 radical (unpaired) electrons. The van der Waals surface area contributed by atoms with Gasteiger partial charge in [-0.2, -0.15) is 0 Å². The van der Waals surface area contributed by atoms with Crippen molar-refractivity contribution in [1.29, 1.82) is 0 Å². The molecule has 3 aromatic rings. The zero-order valence-electron chi connectivity index (χ0n) is 9.55. The molecule has 0 aliphatic heterocycles. The Morgan fingerprint density at radius 1 is 1.29 bits per heavy atom. The summed E-state index contributed by atoms with van der Waals surface area (Å²) < 4.78 is 2.05. The largest absolute Gasteiger partial charge is 0.385 e. The number of anilines is 1. The number of thiazole rings is 1. The molecule has 0 saturated carbocycles. The Balaban J connectivity index is 1.95. The quantitative estimate of drug-likeness (QED) is 0.763. The number of nitrogens with zero attached hydrogens (tertiary/aromatic N) is 2. The van der Waals surface area contributed by atoms with Crippen molar-refractivity contribution in [2.75, 3.05) is 11.9 Å². The Hall–Kier alpha value is -1.81. The zero-order valence-corrected chi connectivity index (χ0v) is 10.4. The molecular formula is C13H13N3S. The van der Waals surface area contributed by atoms with Gasteiger partial charge >= 0.3 is 0 Å². The summed E-state index contributed by atoms with van der Waals surface area (Å²) in [5, 5.41) is 5.33. The van der Waals surface area contributed by atoms with E-state index in [-0.39, 0.29) is 0 Å². The summed E-state index contributed by atoms with van der Waals surface area (Å²) in [6.07, 6.45) is 4.09. The number of imidazole rings is 1. The van der Waals surface area contributed by atoms with Crippen molar-refractivity contribution in [3.8, 4) is 11.3 Å². The third-order valence-corrected chi connectivity index (χ3v) is 3.43. The predicted octanol–water partition coefficient (Wildman–Crippen LogP) is 3.49. The molecule has 2 heterocycles. The van der Waals surface area contributed by atoms with E-state index in [2.05, 4.69) is 52.1 Å². The average Bonchev–Trinajstić information content (AvgIpc) is 2.90. The van der Waals surface area contributed by atoms with Crippen LogP contribution < -0.4 is 5.32 Å². The highest BCUT2D eigenvalue weighted by atomic mass is 32.1. The summed E-state index contributed by atoms with van der Waals surface area (Å²) in [4.78, 5) is 5.62. The van der Waals surface area contributed by atoms with Crippen LogP contribution in [0.2, 0.25) is 0 Å². The van der Waals surface area contributed by atoms with Crippen molar-refractivity contribution in [1.82, 2.24) is 9.38 Å². The lowest BCUT2D eigenvalue weighted by Crippen LogP contribution is -1.95. The van der Waals surface area contributed by atoms with Crippen molar-refractivity contribution < 1.29 is 0 Å². The summed E-state index contributed by atoms with van der Waals surface area (Å²) in [6.45, 7) is 3.04. The molecule has 0 saturated heterocycles. The molecule has 2 aromatic heterocycles. The first-order valence-corrected chi connectivity index (χ1v) is 6.51. The Labute approximate surface area is 104 Å². The number of aromatic nitrogens is 2. The molecule has 0 atom stereocenters. The minimum atomic E-state index is 0.944. The van der Waals surface area contributed by atoms with E-state index in [1.54, 1.807) is 11.3 Å². The number of fused-ring (bicyclic) bond motifs is 1. The molecule has 4 heteroatoms. The number of hydrogen-bond donors (Lipinski definition) is 1. The summed E-state index contributed by atoms with van der Waals surface area (Å²) in [5.74, 6) is 0. The summed E-state index contributed by atoms with van der Waals surface area (Å²) in [5.41, 5.74) is 3.33. The Kier molecular flexibility index (Phi) is 2.57. The minimum absolute atomic E-state index is 0.944. The van der Waals surface area contributed by atoms with Crippen molar-refractivity contribution in [3.05, 3.63) is 42.0 Å². The molecule has 0 fully saturated rings. The molecule has 0 aliphatic carbocycles. The maximum Gasteiger partial charge on any atom is 0.194 e. The van der Waals surface area contributed by atoms with Crippen LogP contribution in [0.15, 0.2) is 42.0 Å². The van der Waals surface area contributed by atoms with Gasteiger partial charge in [0.2, 0.25) is 0 Å². The maximum absolute atomic E-state index is 4.58. The van der Waals surface area contributed by atoms with Gasteiger partial charge in [-0.05, 0) is 19.1 Å². The first-order chi connectivity index (χ1) is 8.36. The smallest absolute Gasteiger partial charge is 0.194 e. The lowest BCUT2D eigenvalue weighted by atomic mass is 10.1. The Morgan fingerprint density at radius 2 is 2.12 bits per heavy atom. The van der Waals surface area contributed by atoms with E-state index in [1.807, 2.05) is 11.6 Å². The van der Waals surface area contributed by atoms with Gasteiger partial charge in [-0.15, -0.1) is 11.3 Å². The van der Waals surface area contributed by atoms with Gasteiger partial charge < -0.3 is 5.32 Å². The van der Waals surface area contributed by atoms with Crippen molar-refractivity contribution in [2.45, 2.75) is 6.92 Å². The van der Waals surface area contributed by atoms with E-state index in [9.17, 15) is 0 Å². The normalized spacial score (nSPS) is 10.9. The fourth-order valence-electron chi connectivity index (χ4n) is 1.83. The van der Waals surface area contributed by atoms with Crippen LogP contribution >= 0.6 is 11.3 Å². The maximum atomic E-state index is 4.58. The van der Waals surface area contributed by atoms with Gasteiger partial charge in [-0.25, -0.2) is 4.98 Å². The summed E-state index contributed by atoms with van der Waals surface area (Å²) in [6, 6.07) is 8.38. The first-order valence-electron chi connectivity index (χ1n) is 5.63. The summed E-state index contributed by atoms with van der Waals surface area (Å²) >= 11 is 1.65. The van der Waals surface area contributed by atoms with Gasteiger partial charge in [0, 0.05) is 35.6 Å². The minimum Gasteiger partial charge on any atom is -0.385 e. The Morgan fingerprint density at radius 3 is 2.82 bits per heavy atom. The van der Waals surface area contributed by atoms with Crippen LogP contribution in [0, 0.1) is 0 Å². The molecule has 1 aromatic carbocycles. The summed E-state index contributed by atoms with van der Waals surface area (Å²) in [7, 11) is 0. The fraction of sp³-hybridized carbons (Fsp3) is 0.154. The molecule has 3 rings (SSSR count). The highest BCUT2D eigenvalue weighted by Gasteiger charge is 2.04. The number of nitrogens with one attached hydrogen (secondary N) is 1. The number of rotatable bonds is 3. The van der Waals surface area contributed by atoms with E-state index in [0.717, 1.165) is 28.5 Å². The zero-order chi connectivity index (χ0) is 11.7. The highest BCUT2D eigenvalue weighted by molar-refractivity contribution is 7.15. The van der Waals surface area contributed by atoms with Crippen LogP contribution in [-0.2, 0) is 0 Å². The highest BCUT2D eigenvalue weighted by Crippen LogP contribution is 2.22. The van der Waals surface area contributed by atoms with Gasteiger partial charge in [0.05, 0.1) is 5.69 Å². The van der Waals surface area contributed by atoms with E-state index in [0.29, 0.717) is 0 Å². The molecule has 0 unspecified atom stereocenters. The van der Waals surface area contributed by atoms with Gasteiger partial charge in [0.25, 0.3) is 0 Å². The second-order valence-corrected chi connectivity index (χ2v) is 4.70. The lowest BCUT2D eigenvalue weighted by molar-refractivity contribution is 1.21. The molecule has 86 valence electrons. The third kappa shape index (κ3) is 1.91. The molecule has 0 aliphatic rings. The third-order valence-electron chi connectivity index (χ3n) is 2.65. The van der Waals surface area contributed by atoms with Gasteiger partial charge in [-0.1, -0.05) is 12.1 Å². The van der Waals surface area contributed by atoms with Crippen LogP contribution in [-0.4, -0.2) is 15.9 Å². The first kappa shape index (κ1) is 10.4. The second kappa shape index (κ2) is 4.22. The standard InChI is InChI=1S/C13H13N3S/c1-2-14-11-5-3-10(4-6-11)12-9-16-7-8-17-13(16)15-12/h3-9,14H,2H2,1H3. The molecular weight excluding hydrogens is 230 g/mol. The topological polar surface area (TPSA) is 29.3 Å². The second-order valence-electron chi connectivity index (χ2n) is 3.83. The number of hydrogen-bond acceptors (Lipinski definition) is 3. The van der Waals surface area contributed by atoms with Crippen molar-refractivity contribution >= 4 is 22.0 Å². The van der Waals surface area contributed by atoms with Gasteiger partial charge in [-0.3, -0.25) is 4.40 Å². The monoisotopic (exact) mass is 243 g/mol. The van der Waals surface area contributed by atoms with Crippen LogP contribution in [0.3, 0.4) is 0 Å². The number of benzene rings is 1. The van der Waals surface area contributed by atoms with E-state index < -0.39 is 0 Å². The molecule has 1 N–H and O–H groups in total. The Bertz CT molecular complexity index is 593. The fourth-order valence-corrected chi connectivity index (χ4v) is 2.53. The van der Waals surface area contributed by atoms with Gasteiger partial charge in [0.1, 0.15) is 0 Å². The predicted molar refractivity (Wildman–Crippen MR) is 72.7 cm³/mol. The van der Waals surface area contributed by atoms with E-state index in [1.165, 1.54) is 0 Å². The lowest BCUT2D eigenvalue weighted by Gasteiger charge is -2.03. The molecule has 0 spiro atoms. The molecule has 17 heavy (non-hydrogen) atoms. The SMILES string of the molecule is CCNc1ccc(-c2cn3ccsc3n2)cc1. The van der Waals surface area contributed by atoms with E-state index in [4.69, 9.17) is 0 Å². The average molecular weight is 243 g/mol. The molecule has 0 amide bonds. The van der Waals surface area contributed by atoms with Crippen molar-refractivity contribution in [2.24, 2.45) is 0 Å². The van der Waals surface area contributed by atoms with Crippen LogP contribution in [0.4, 0.5) is 5.69 Å². The van der Waals surface area contributed by atoms with E-state index >= 15 is 0 Å². The van der Waals surface area contributed by atoms with Crippen LogP contribution in [0.25, 0.3) is 16.2 Å². The van der Waals surface area contributed by atoms with Crippen LogP contribution in [0.5, 0.6) is 0 Å².